The number of aromatic nitrogens is 3. The minimum Gasteiger partial charge on any atom is -0.382 e. The minimum absolute atomic E-state index is 0.202. The Morgan fingerprint density at radius 1 is 1.48 bits per heavy atom. The molecule has 1 unspecified atom stereocenters. The fourth-order valence-electron chi connectivity index (χ4n) is 1.95. The minimum atomic E-state index is -4.22. The molecule has 0 aliphatic rings. The molecule has 10 heteroatoms. The van der Waals surface area contributed by atoms with Gasteiger partial charge in [-0.2, -0.15) is 5.10 Å². The molecular formula is C11H17N4O5P. The quantitative estimate of drug-likeness (QED) is 0.609. The number of ether oxygens (including phenoxy) is 2. The Morgan fingerprint density at radius 3 is 2.90 bits per heavy atom. The van der Waals surface area contributed by atoms with E-state index in [1.165, 1.54) is 13.4 Å². The molecule has 9 nitrogen and oxygen atoms in total. The van der Waals surface area contributed by atoms with Crippen LogP contribution in [0.2, 0.25) is 0 Å². The number of nitrogen functional groups attached to an aromatic ring is 1. The number of fused-ring (bicyclic) bond motifs is 1. The second-order valence-corrected chi connectivity index (χ2v) is 6.10. The maximum atomic E-state index is 10.9. The molecular weight excluding hydrogens is 299 g/mol. The van der Waals surface area contributed by atoms with Gasteiger partial charge in [0.2, 0.25) is 0 Å². The van der Waals surface area contributed by atoms with E-state index in [1.807, 2.05) is 6.07 Å². The summed E-state index contributed by atoms with van der Waals surface area (Å²) in [6.45, 7) is 0.202. The van der Waals surface area contributed by atoms with Crippen molar-refractivity contribution in [1.29, 1.82) is 0 Å². The van der Waals surface area contributed by atoms with Crippen molar-refractivity contribution in [2.75, 3.05) is 25.8 Å². The van der Waals surface area contributed by atoms with Crippen LogP contribution in [0.4, 0.5) is 5.82 Å². The van der Waals surface area contributed by atoms with E-state index in [0.29, 0.717) is 17.8 Å². The fraction of sp³-hybridized carbons (Fsp3) is 0.455. The van der Waals surface area contributed by atoms with Gasteiger partial charge in [0.25, 0.3) is 0 Å². The molecule has 4 N–H and O–H groups in total. The Balaban J connectivity index is 2.15. The third-order valence-electron chi connectivity index (χ3n) is 2.83. The highest BCUT2D eigenvalue weighted by molar-refractivity contribution is 7.51. The summed E-state index contributed by atoms with van der Waals surface area (Å²) in [5.41, 5.74) is 7.19. The average Bonchev–Trinajstić information content (AvgIpc) is 2.80. The van der Waals surface area contributed by atoms with E-state index in [9.17, 15) is 4.57 Å². The number of rotatable bonds is 7. The zero-order valence-corrected chi connectivity index (χ0v) is 12.3. The van der Waals surface area contributed by atoms with Gasteiger partial charge in [-0.05, 0) is 12.1 Å². The van der Waals surface area contributed by atoms with Gasteiger partial charge in [0.1, 0.15) is 18.2 Å². The number of anilines is 1. The van der Waals surface area contributed by atoms with Crippen LogP contribution in [0.15, 0.2) is 18.5 Å². The van der Waals surface area contributed by atoms with E-state index in [0.717, 1.165) is 5.69 Å². The number of nitrogens with two attached hydrogens (primary N) is 1. The molecule has 2 aromatic heterocycles. The van der Waals surface area contributed by atoms with Crippen LogP contribution < -0.4 is 5.73 Å². The molecule has 0 saturated heterocycles. The molecule has 0 radical (unpaired) electrons. The smallest absolute Gasteiger partial charge is 0.350 e. The lowest BCUT2D eigenvalue weighted by Crippen LogP contribution is -2.23. The van der Waals surface area contributed by atoms with Crippen molar-refractivity contribution >= 4 is 18.9 Å². The van der Waals surface area contributed by atoms with Gasteiger partial charge in [-0.3, -0.25) is 4.57 Å². The summed E-state index contributed by atoms with van der Waals surface area (Å²) in [5.74, 6) is 0.357. The molecule has 0 spiro atoms. The second-order valence-electron chi connectivity index (χ2n) is 4.51. The van der Waals surface area contributed by atoms with Crippen LogP contribution in [0.25, 0.3) is 5.52 Å². The molecule has 116 valence electrons. The summed E-state index contributed by atoms with van der Waals surface area (Å²) < 4.78 is 22.7. The first-order valence-corrected chi connectivity index (χ1v) is 7.92. The normalized spacial score (nSPS) is 13.7. The largest absolute Gasteiger partial charge is 0.382 e. The lowest BCUT2D eigenvalue weighted by atomic mass is 10.2. The van der Waals surface area contributed by atoms with Gasteiger partial charge in [-0.25, -0.2) is 9.50 Å². The molecule has 0 aliphatic heterocycles. The molecule has 2 rings (SSSR count). The van der Waals surface area contributed by atoms with Gasteiger partial charge >= 0.3 is 7.60 Å². The molecule has 0 aromatic carbocycles. The lowest BCUT2D eigenvalue weighted by Gasteiger charge is -2.17. The topological polar surface area (TPSA) is 132 Å². The van der Waals surface area contributed by atoms with Gasteiger partial charge in [0.05, 0.1) is 12.7 Å². The molecule has 21 heavy (non-hydrogen) atoms. The van der Waals surface area contributed by atoms with E-state index in [4.69, 9.17) is 25.0 Å². The van der Waals surface area contributed by atoms with E-state index < -0.39 is 20.0 Å². The molecule has 0 saturated carbocycles. The van der Waals surface area contributed by atoms with Gasteiger partial charge in [-0.15, -0.1) is 0 Å². The van der Waals surface area contributed by atoms with Crippen LogP contribution in [-0.2, 0) is 20.5 Å². The van der Waals surface area contributed by atoms with E-state index in [-0.39, 0.29) is 6.61 Å². The number of methoxy groups -OCH3 is 1. The van der Waals surface area contributed by atoms with Crippen molar-refractivity contribution in [1.82, 2.24) is 14.6 Å². The predicted octanol–water partition coefficient (Wildman–Crippen LogP) is 0.0208. The van der Waals surface area contributed by atoms with Crippen LogP contribution in [0, 0.1) is 0 Å². The van der Waals surface area contributed by atoms with Gasteiger partial charge < -0.3 is 25.0 Å². The standard InChI is InChI=1S/C11H17N4O5P/c1-19-5-9(20-7-21(16,17)18)4-8-2-3-10-11(12)13-6-14-15(8)10/h2-3,6,9H,4-5,7H2,1H3,(H2,12,13,14)(H2,16,17,18). The monoisotopic (exact) mass is 316 g/mol. The highest BCUT2D eigenvalue weighted by Crippen LogP contribution is 2.34. The van der Waals surface area contributed by atoms with Crippen LogP contribution in [0.1, 0.15) is 5.69 Å². The van der Waals surface area contributed by atoms with Crippen molar-refractivity contribution in [2.45, 2.75) is 12.5 Å². The molecule has 0 aliphatic carbocycles. The first-order chi connectivity index (χ1) is 9.90. The zero-order chi connectivity index (χ0) is 15.5. The summed E-state index contributed by atoms with van der Waals surface area (Å²) in [6.07, 6.45) is 0.560. The van der Waals surface area contributed by atoms with Crippen molar-refractivity contribution in [3.8, 4) is 0 Å². The molecule has 2 aromatic rings. The average molecular weight is 316 g/mol. The highest BCUT2D eigenvalue weighted by atomic mass is 31.2. The SMILES string of the molecule is COCC(Cc1ccc2c(N)ncnn12)OCP(=O)(O)O. The van der Waals surface area contributed by atoms with Crippen molar-refractivity contribution < 1.29 is 23.8 Å². The summed E-state index contributed by atoms with van der Waals surface area (Å²) in [4.78, 5) is 21.6. The van der Waals surface area contributed by atoms with E-state index >= 15 is 0 Å². The van der Waals surface area contributed by atoms with Crippen LogP contribution in [0.5, 0.6) is 0 Å². The third-order valence-corrected chi connectivity index (χ3v) is 3.31. The Hall–Kier alpha value is -1.51. The molecule has 0 amide bonds. The van der Waals surface area contributed by atoms with Crippen LogP contribution >= 0.6 is 7.60 Å². The molecule has 2 heterocycles. The number of nitrogens with zero attached hydrogens (tertiary/aromatic N) is 3. The Morgan fingerprint density at radius 2 is 2.24 bits per heavy atom. The summed E-state index contributed by atoms with van der Waals surface area (Å²) in [6, 6.07) is 3.58. The van der Waals surface area contributed by atoms with E-state index in [1.54, 1.807) is 10.6 Å². The molecule has 0 fully saturated rings. The lowest BCUT2D eigenvalue weighted by molar-refractivity contribution is 0.0129. The maximum Gasteiger partial charge on any atom is 0.350 e. The fourth-order valence-corrected chi connectivity index (χ4v) is 2.35. The summed E-state index contributed by atoms with van der Waals surface area (Å²) >= 11 is 0. The molecule has 0 bridgehead atoms. The van der Waals surface area contributed by atoms with Crippen molar-refractivity contribution in [3.63, 3.8) is 0 Å². The maximum absolute atomic E-state index is 10.9. The second kappa shape index (κ2) is 6.50. The summed E-state index contributed by atoms with van der Waals surface area (Å²) in [7, 11) is -2.73. The van der Waals surface area contributed by atoms with Crippen molar-refractivity contribution in [3.05, 3.63) is 24.2 Å². The molecule has 1 atom stereocenters. The third kappa shape index (κ3) is 4.23. The first-order valence-electron chi connectivity index (χ1n) is 6.13. The number of hydrogen-bond acceptors (Lipinski definition) is 6. The van der Waals surface area contributed by atoms with Gasteiger partial charge in [0, 0.05) is 19.2 Å². The predicted molar refractivity (Wildman–Crippen MR) is 74.8 cm³/mol. The highest BCUT2D eigenvalue weighted by Gasteiger charge is 2.20. The van der Waals surface area contributed by atoms with E-state index in [2.05, 4.69) is 10.1 Å². The van der Waals surface area contributed by atoms with Gasteiger partial charge in [-0.1, -0.05) is 0 Å². The Kier molecular flexibility index (Phi) is 4.92. The summed E-state index contributed by atoms with van der Waals surface area (Å²) in [5, 5.41) is 4.10. The zero-order valence-electron chi connectivity index (χ0n) is 11.4. The van der Waals surface area contributed by atoms with Gasteiger partial charge in [0.15, 0.2) is 5.82 Å². The van der Waals surface area contributed by atoms with Crippen LogP contribution in [-0.4, -0.2) is 50.6 Å². The Bertz CT molecular complexity index is 655. The van der Waals surface area contributed by atoms with Crippen molar-refractivity contribution in [2.24, 2.45) is 0 Å². The first kappa shape index (κ1) is 15.9. The number of hydrogen-bond donors (Lipinski definition) is 3. The van der Waals surface area contributed by atoms with Crippen LogP contribution in [0.3, 0.4) is 0 Å². The Labute approximate surface area is 120 Å².